The zero-order chi connectivity index (χ0) is 22.1. The largest absolute Gasteiger partial charge is 0.457 e. The molecule has 1 aliphatic rings. The fourth-order valence-corrected chi connectivity index (χ4v) is 3.85. The first-order valence-electron chi connectivity index (χ1n) is 10.5. The molecule has 0 spiro atoms. The molecule has 1 N–H and O–H groups in total. The lowest BCUT2D eigenvalue weighted by molar-refractivity contribution is 0.0996. The SMILES string of the molecule is Cc1ccc(Oc2cccc(N3Cc4cc(Nc5ccnc(C)c5)ccc4C3=O)c2)cc1. The van der Waals surface area contributed by atoms with E-state index in [0.717, 1.165) is 39.6 Å². The van der Waals surface area contributed by atoms with Crippen LogP contribution in [0, 0.1) is 13.8 Å². The first-order valence-corrected chi connectivity index (χ1v) is 10.5. The van der Waals surface area contributed by atoms with Crippen LogP contribution < -0.4 is 15.0 Å². The predicted octanol–water partition coefficient (Wildman–Crippen LogP) is 6.39. The van der Waals surface area contributed by atoms with Crippen LogP contribution >= 0.6 is 0 Å². The molecule has 0 saturated carbocycles. The van der Waals surface area contributed by atoms with Gasteiger partial charge in [0, 0.05) is 40.6 Å². The van der Waals surface area contributed by atoms with E-state index in [1.807, 2.05) is 92.7 Å². The van der Waals surface area contributed by atoms with Gasteiger partial charge in [-0.2, -0.15) is 0 Å². The van der Waals surface area contributed by atoms with Crippen LogP contribution in [0.15, 0.2) is 85.1 Å². The Morgan fingerprint density at radius 1 is 0.875 bits per heavy atom. The number of carbonyl (C=O) groups is 1. The summed E-state index contributed by atoms with van der Waals surface area (Å²) in [6.07, 6.45) is 1.78. The second-order valence-corrected chi connectivity index (χ2v) is 7.99. The number of rotatable bonds is 5. The Balaban J connectivity index is 1.35. The van der Waals surface area contributed by atoms with Crippen molar-refractivity contribution < 1.29 is 9.53 Å². The van der Waals surface area contributed by atoms with Gasteiger partial charge in [0.1, 0.15) is 11.5 Å². The summed E-state index contributed by atoms with van der Waals surface area (Å²) in [5.41, 5.74) is 6.58. The van der Waals surface area contributed by atoms with Crippen LogP contribution in [0.4, 0.5) is 17.1 Å². The highest BCUT2D eigenvalue weighted by atomic mass is 16.5. The van der Waals surface area contributed by atoms with Gasteiger partial charge in [-0.1, -0.05) is 23.8 Å². The summed E-state index contributed by atoms with van der Waals surface area (Å²) in [4.78, 5) is 19.1. The molecule has 3 aromatic carbocycles. The van der Waals surface area contributed by atoms with Crippen LogP contribution in [0.2, 0.25) is 0 Å². The number of aryl methyl sites for hydroxylation is 2. The van der Waals surface area contributed by atoms with Gasteiger partial charge in [0.2, 0.25) is 0 Å². The average molecular weight is 422 g/mol. The highest BCUT2D eigenvalue weighted by Crippen LogP contribution is 2.33. The maximum atomic E-state index is 13.1. The van der Waals surface area contributed by atoms with Crippen molar-refractivity contribution >= 4 is 23.0 Å². The number of benzene rings is 3. The summed E-state index contributed by atoms with van der Waals surface area (Å²) in [6.45, 7) is 4.52. The van der Waals surface area contributed by atoms with Crippen molar-refractivity contribution in [3.63, 3.8) is 0 Å². The van der Waals surface area contributed by atoms with Crippen LogP contribution in [0.1, 0.15) is 27.2 Å². The lowest BCUT2D eigenvalue weighted by atomic mass is 10.1. The summed E-state index contributed by atoms with van der Waals surface area (Å²) in [6, 6.07) is 25.3. The summed E-state index contributed by atoms with van der Waals surface area (Å²) in [5, 5.41) is 3.39. The first kappa shape index (κ1) is 19.8. The van der Waals surface area contributed by atoms with E-state index in [4.69, 9.17) is 4.74 Å². The van der Waals surface area contributed by atoms with Crippen molar-refractivity contribution in [3.05, 3.63) is 107 Å². The van der Waals surface area contributed by atoms with Gasteiger partial charge in [-0.15, -0.1) is 0 Å². The minimum Gasteiger partial charge on any atom is -0.457 e. The molecule has 5 heteroatoms. The Morgan fingerprint density at radius 3 is 2.50 bits per heavy atom. The molecule has 0 fully saturated rings. The van der Waals surface area contributed by atoms with Gasteiger partial charge in [0.15, 0.2) is 0 Å². The molecule has 4 aromatic rings. The molecule has 0 aliphatic carbocycles. The fourth-order valence-electron chi connectivity index (χ4n) is 3.85. The molecule has 0 unspecified atom stereocenters. The average Bonchev–Trinajstić information content (AvgIpc) is 3.11. The number of ether oxygens (including phenoxy) is 1. The second-order valence-electron chi connectivity index (χ2n) is 7.99. The van der Waals surface area contributed by atoms with Crippen LogP contribution in [0.3, 0.4) is 0 Å². The number of pyridine rings is 1. The summed E-state index contributed by atoms with van der Waals surface area (Å²) in [5.74, 6) is 1.47. The Morgan fingerprint density at radius 2 is 1.69 bits per heavy atom. The smallest absolute Gasteiger partial charge is 0.258 e. The van der Waals surface area contributed by atoms with Gasteiger partial charge < -0.3 is 15.0 Å². The second kappa shape index (κ2) is 8.19. The van der Waals surface area contributed by atoms with E-state index in [0.29, 0.717) is 12.3 Å². The Kier molecular flexibility index (Phi) is 5.07. The number of hydrogen-bond donors (Lipinski definition) is 1. The van der Waals surface area contributed by atoms with Crippen molar-refractivity contribution in [2.24, 2.45) is 0 Å². The van der Waals surface area contributed by atoms with Crippen molar-refractivity contribution in [2.45, 2.75) is 20.4 Å². The van der Waals surface area contributed by atoms with Crippen LogP contribution in [-0.4, -0.2) is 10.9 Å². The third kappa shape index (κ3) is 4.05. The molecule has 1 aliphatic heterocycles. The van der Waals surface area contributed by atoms with Gasteiger partial charge in [-0.25, -0.2) is 0 Å². The normalized spacial score (nSPS) is 12.6. The number of nitrogens with zero attached hydrogens (tertiary/aromatic N) is 2. The molecule has 1 aromatic heterocycles. The van der Waals surface area contributed by atoms with Gasteiger partial charge in [0.25, 0.3) is 5.91 Å². The van der Waals surface area contributed by atoms with Gasteiger partial charge in [-0.3, -0.25) is 9.78 Å². The topological polar surface area (TPSA) is 54.5 Å². The number of nitrogens with one attached hydrogen (secondary N) is 1. The number of carbonyl (C=O) groups excluding carboxylic acids is 1. The highest BCUT2D eigenvalue weighted by Gasteiger charge is 2.29. The third-order valence-electron chi connectivity index (χ3n) is 5.48. The zero-order valence-electron chi connectivity index (χ0n) is 18.0. The molecule has 5 nitrogen and oxygen atoms in total. The molecule has 0 saturated heterocycles. The molecule has 0 bridgehead atoms. The van der Waals surface area contributed by atoms with Crippen molar-refractivity contribution in [2.75, 3.05) is 10.2 Å². The summed E-state index contributed by atoms with van der Waals surface area (Å²) < 4.78 is 5.99. The monoisotopic (exact) mass is 421 g/mol. The van der Waals surface area contributed by atoms with Crippen molar-refractivity contribution in [3.8, 4) is 11.5 Å². The van der Waals surface area contributed by atoms with Gasteiger partial charge >= 0.3 is 0 Å². The summed E-state index contributed by atoms with van der Waals surface area (Å²) >= 11 is 0. The standard InChI is InChI=1S/C27H23N3O2/c1-18-6-9-24(10-7-18)32-25-5-3-4-23(16-25)30-17-20-15-21(8-11-26(20)27(30)31)29-22-12-13-28-19(2)14-22/h3-16H,17H2,1-2H3,(H,28,29). The number of anilines is 3. The van der Waals surface area contributed by atoms with E-state index < -0.39 is 0 Å². The number of hydrogen-bond acceptors (Lipinski definition) is 4. The number of fused-ring (bicyclic) bond motifs is 1. The minimum absolute atomic E-state index is 0.00112. The van der Waals surface area contributed by atoms with E-state index in [1.54, 1.807) is 11.1 Å². The van der Waals surface area contributed by atoms with Gasteiger partial charge in [-0.05, 0) is 74.0 Å². The lowest BCUT2D eigenvalue weighted by Crippen LogP contribution is -2.22. The molecule has 0 atom stereocenters. The van der Waals surface area contributed by atoms with Crippen molar-refractivity contribution in [1.29, 1.82) is 0 Å². The fraction of sp³-hybridized carbons (Fsp3) is 0.111. The lowest BCUT2D eigenvalue weighted by Gasteiger charge is -2.17. The molecule has 158 valence electrons. The molecular weight excluding hydrogens is 398 g/mol. The first-order chi connectivity index (χ1) is 15.5. The molecule has 0 radical (unpaired) electrons. The van der Waals surface area contributed by atoms with Crippen molar-refractivity contribution in [1.82, 2.24) is 4.98 Å². The predicted molar refractivity (Wildman–Crippen MR) is 127 cm³/mol. The highest BCUT2D eigenvalue weighted by molar-refractivity contribution is 6.10. The maximum Gasteiger partial charge on any atom is 0.258 e. The molecule has 2 heterocycles. The van der Waals surface area contributed by atoms with E-state index in [2.05, 4.69) is 10.3 Å². The van der Waals surface area contributed by atoms with Gasteiger partial charge in [0.05, 0.1) is 6.54 Å². The Bertz CT molecular complexity index is 1300. The van der Waals surface area contributed by atoms with Crippen LogP contribution in [-0.2, 0) is 6.54 Å². The third-order valence-corrected chi connectivity index (χ3v) is 5.48. The minimum atomic E-state index is -0.00112. The number of aromatic nitrogens is 1. The Hall–Kier alpha value is -4.12. The molecule has 32 heavy (non-hydrogen) atoms. The quantitative estimate of drug-likeness (QED) is 0.405. The zero-order valence-corrected chi connectivity index (χ0v) is 18.0. The van der Waals surface area contributed by atoms with E-state index >= 15 is 0 Å². The van der Waals surface area contributed by atoms with E-state index in [-0.39, 0.29) is 5.91 Å². The van der Waals surface area contributed by atoms with Crippen LogP contribution in [0.25, 0.3) is 0 Å². The number of amides is 1. The molecule has 5 rings (SSSR count). The van der Waals surface area contributed by atoms with E-state index in [1.165, 1.54) is 5.56 Å². The Labute approximate surface area is 187 Å². The molecular formula is C27H23N3O2. The van der Waals surface area contributed by atoms with E-state index in [9.17, 15) is 4.79 Å². The molecule has 1 amide bonds. The van der Waals surface area contributed by atoms with Crippen LogP contribution in [0.5, 0.6) is 11.5 Å². The maximum absolute atomic E-state index is 13.1. The summed E-state index contributed by atoms with van der Waals surface area (Å²) in [7, 11) is 0.